The van der Waals surface area contributed by atoms with Gasteiger partial charge in [0.15, 0.2) is 11.5 Å². The highest BCUT2D eigenvalue weighted by Gasteiger charge is 2.24. The van der Waals surface area contributed by atoms with Gasteiger partial charge in [0.25, 0.3) is 5.91 Å². The molecule has 1 aliphatic heterocycles. The summed E-state index contributed by atoms with van der Waals surface area (Å²) in [6.07, 6.45) is 1.84. The Labute approximate surface area is 171 Å². The van der Waals surface area contributed by atoms with Gasteiger partial charge in [0, 0.05) is 24.7 Å². The molecule has 1 N–H and O–H groups in total. The number of carbonyl (C=O) groups excluding carboxylic acids is 2. The Hall–Kier alpha value is -3.02. The number of nitrogens with zero attached hydrogens (tertiary/aromatic N) is 1. The van der Waals surface area contributed by atoms with Crippen molar-refractivity contribution in [3.8, 4) is 11.5 Å². The maximum absolute atomic E-state index is 12.7. The molecular formula is C23H28N2O4. The van der Waals surface area contributed by atoms with E-state index in [9.17, 15) is 9.59 Å². The van der Waals surface area contributed by atoms with Gasteiger partial charge in [0.05, 0.1) is 20.6 Å². The number of hydrogen-bond acceptors (Lipinski definition) is 4. The van der Waals surface area contributed by atoms with Gasteiger partial charge < -0.3 is 19.7 Å². The van der Waals surface area contributed by atoms with Gasteiger partial charge in [0.2, 0.25) is 5.91 Å². The summed E-state index contributed by atoms with van der Waals surface area (Å²) < 4.78 is 10.5. The van der Waals surface area contributed by atoms with Crippen molar-refractivity contribution >= 4 is 11.8 Å². The molecule has 6 heteroatoms. The van der Waals surface area contributed by atoms with Crippen LogP contribution >= 0.6 is 0 Å². The fraction of sp³-hybridized carbons (Fsp3) is 0.391. The normalized spacial score (nSPS) is 14.4. The first kappa shape index (κ1) is 20.7. The molecule has 0 atom stereocenters. The van der Waals surface area contributed by atoms with E-state index < -0.39 is 0 Å². The predicted molar refractivity (Wildman–Crippen MR) is 111 cm³/mol. The molecule has 0 unspecified atom stereocenters. The molecule has 1 fully saturated rings. The highest BCUT2D eigenvalue weighted by molar-refractivity contribution is 5.94. The second-order valence-corrected chi connectivity index (χ2v) is 7.36. The molecule has 2 aromatic rings. The molecule has 0 bridgehead atoms. The van der Waals surface area contributed by atoms with E-state index in [4.69, 9.17) is 9.47 Å². The van der Waals surface area contributed by atoms with Crippen molar-refractivity contribution in [2.45, 2.75) is 32.2 Å². The highest BCUT2D eigenvalue weighted by atomic mass is 16.5. The van der Waals surface area contributed by atoms with Crippen LogP contribution in [0.4, 0.5) is 0 Å². The first-order valence-corrected chi connectivity index (χ1v) is 9.86. The summed E-state index contributed by atoms with van der Waals surface area (Å²) in [5, 5.41) is 3.09. The topological polar surface area (TPSA) is 67.9 Å². The molecule has 6 nitrogen and oxygen atoms in total. The predicted octanol–water partition coefficient (Wildman–Crippen LogP) is 2.98. The second kappa shape index (κ2) is 9.45. The zero-order valence-corrected chi connectivity index (χ0v) is 17.2. The van der Waals surface area contributed by atoms with Crippen molar-refractivity contribution in [1.29, 1.82) is 0 Å². The Morgan fingerprint density at radius 2 is 1.76 bits per heavy atom. The molecule has 1 aliphatic rings. The van der Waals surface area contributed by atoms with E-state index in [2.05, 4.69) is 5.32 Å². The average Bonchev–Trinajstić information content (AvgIpc) is 2.74. The van der Waals surface area contributed by atoms with Crippen LogP contribution in [0.2, 0.25) is 0 Å². The molecule has 154 valence electrons. The zero-order valence-electron chi connectivity index (χ0n) is 17.2. The van der Waals surface area contributed by atoms with Crippen LogP contribution in [0.15, 0.2) is 42.5 Å². The van der Waals surface area contributed by atoms with E-state index in [1.807, 2.05) is 54.3 Å². The number of ether oxygens (including phenoxy) is 2. The molecule has 3 rings (SSSR count). The van der Waals surface area contributed by atoms with Crippen molar-refractivity contribution in [3.63, 3.8) is 0 Å². The van der Waals surface area contributed by atoms with Gasteiger partial charge in [0.1, 0.15) is 0 Å². The molecule has 0 aliphatic carbocycles. The fourth-order valence-corrected chi connectivity index (χ4v) is 3.61. The Balaban J connectivity index is 1.51. The molecule has 0 saturated carbocycles. The Bertz CT molecular complexity index is 873. The summed E-state index contributed by atoms with van der Waals surface area (Å²) in [5.41, 5.74) is 2.63. The molecule has 2 aromatic carbocycles. The number of carbonyl (C=O) groups is 2. The van der Waals surface area contributed by atoms with Crippen molar-refractivity contribution in [1.82, 2.24) is 10.2 Å². The van der Waals surface area contributed by atoms with E-state index in [0.717, 1.165) is 24.0 Å². The van der Waals surface area contributed by atoms with Crippen LogP contribution in [0.1, 0.15) is 34.3 Å². The molecule has 29 heavy (non-hydrogen) atoms. The summed E-state index contributed by atoms with van der Waals surface area (Å²) in [6.45, 7) is 3.26. The van der Waals surface area contributed by atoms with Crippen molar-refractivity contribution in [2.24, 2.45) is 0 Å². The average molecular weight is 396 g/mol. The molecule has 1 heterocycles. The number of benzene rings is 2. The van der Waals surface area contributed by atoms with Crippen LogP contribution in [-0.4, -0.2) is 50.1 Å². The quantitative estimate of drug-likeness (QED) is 0.815. The van der Waals surface area contributed by atoms with Gasteiger partial charge in [-0.2, -0.15) is 0 Å². The maximum atomic E-state index is 12.7. The van der Waals surface area contributed by atoms with Crippen LogP contribution in [-0.2, 0) is 11.2 Å². The summed E-state index contributed by atoms with van der Waals surface area (Å²) in [4.78, 5) is 27.0. The highest BCUT2D eigenvalue weighted by Crippen LogP contribution is 2.28. The third kappa shape index (κ3) is 5.28. The Morgan fingerprint density at radius 1 is 1.03 bits per heavy atom. The molecule has 0 aromatic heterocycles. The largest absolute Gasteiger partial charge is 0.493 e. The second-order valence-electron chi connectivity index (χ2n) is 7.36. The number of piperidine rings is 1. The lowest BCUT2D eigenvalue weighted by Gasteiger charge is -2.32. The maximum Gasteiger partial charge on any atom is 0.251 e. The number of rotatable bonds is 6. The van der Waals surface area contributed by atoms with Crippen LogP contribution < -0.4 is 14.8 Å². The molecule has 1 saturated heterocycles. The lowest BCUT2D eigenvalue weighted by atomic mass is 10.0. The van der Waals surface area contributed by atoms with E-state index in [0.29, 0.717) is 36.6 Å². The standard InChI is InChI=1S/C23H28N2O4/c1-16-5-4-6-18(13-16)23(27)24-19-9-11-25(12-10-19)22(26)15-17-7-8-20(28-2)21(14-17)29-3/h4-8,13-14,19H,9-12,15H2,1-3H3,(H,24,27). The van der Waals surface area contributed by atoms with Gasteiger partial charge in [-0.1, -0.05) is 23.8 Å². The minimum absolute atomic E-state index is 0.0520. The van der Waals surface area contributed by atoms with Crippen LogP contribution in [0.5, 0.6) is 11.5 Å². The van der Waals surface area contributed by atoms with Gasteiger partial charge in [-0.3, -0.25) is 9.59 Å². The first-order chi connectivity index (χ1) is 14.0. The zero-order chi connectivity index (χ0) is 20.8. The number of methoxy groups -OCH3 is 2. The third-order valence-electron chi connectivity index (χ3n) is 5.27. The van der Waals surface area contributed by atoms with E-state index >= 15 is 0 Å². The first-order valence-electron chi connectivity index (χ1n) is 9.86. The van der Waals surface area contributed by atoms with Gasteiger partial charge >= 0.3 is 0 Å². The molecule has 2 amide bonds. The Morgan fingerprint density at radius 3 is 2.41 bits per heavy atom. The number of amides is 2. The lowest BCUT2D eigenvalue weighted by molar-refractivity contribution is -0.131. The van der Waals surface area contributed by atoms with Crippen LogP contribution in [0, 0.1) is 6.92 Å². The van der Waals surface area contributed by atoms with Crippen molar-refractivity contribution < 1.29 is 19.1 Å². The number of likely N-dealkylation sites (tertiary alicyclic amines) is 1. The summed E-state index contributed by atoms with van der Waals surface area (Å²) in [7, 11) is 3.17. The molecular weight excluding hydrogens is 368 g/mol. The number of nitrogens with one attached hydrogen (secondary N) is 1. The SMILES string of the molecule is COc1ccc(CC(=O)N2CCC(NC(=O)c3cccc(C)c3)CC2)cc1OC. The van der Waals surface area contributed by atoms with Crippen LogP contribution in [0.3, 0.4) is 0 Å². The number of hydrogen-bond donors (Lipinski definition) is 1. The van der Waals surface area contributed by atoms with Crippen molar-refractivity contribution in [3.05, 3.63) is 59.2 Å². The Kier molecular flexibility index (Phi) is 6.75. The number of aryl methyl sites for hydroxylation is 1. The molecule has 0 radical (unpaired) electrons. The summed E-state index contributed by atoms with van der Waals surface area (Å²) >= 11 is 0. The van der Waals surface area contributed by atoms with Gasteiger partial charge in [-0.25, -0.2) is 0 Å². The lowest BCUT2D eigenvalue weighted by Crippen LogP contribution is -2.47. The fourth-order valence-electron chi connectivity index (χ4n) is 3.61. The van der Waals surface area contributed by atoms with Crippen LogP contribution in [0.25, 0.3) is 0 Å². The minimum atomic E-state index is -0.0520. The monoisotopic (exact) mass is 396 g/mol. The molecule has 0 spiro atoms. The van der Waals surface area contributed by atoms with Gasteiger partial charge in [-0.05, 0) is 49.6 Å². The van der Waals surface area contributed by atoms with E-state index in [-0.39, 0.29) is 17.9 Å². The van der Waals surface area contributed by atoms with Gasteiger partial charge in [-0.15, -0.1) is 0 Å². The van der Waals surface area contributed by atoms with E-state index in [1.54, 1.807) is 14.2 Å². The minimum Gasteiger partial charge on any atom is -0.493 e. The smallest absolute Gasteiger partial charge is 0.251 e. The van der Waals surface area contributed by atoms with E-state index in [1.165, 1.54) is 0 Å². The summed E-state index contributed by atoms with van der Waals surface area (Å²) in [6, 6.07) is 13.2. The van der Waals surface area contributed by atoms with Crippen molar-refractivity contribution in [2.75, 3.05) is 27.3 Å². The third-order valence-corrected chi connectivity index (χ3v) is 5.27. The summed E-state index contributed by atoms with van der Waals surface area (Å²) in [5.74, 6) is 1.30.